The molecule has 0 saturated heterocycles. The second kappa shape index (κ2) is 5.87. The summed E-state index contributed by atoms with van der Waals surface area (Å²) in [6.45, 7) is 7.75. The molecule has 2 N–H and O–H groups in total. The van der Waals surface area contributed by atoms with Crippen LogP contribution in [0.2, 0.25) is 0 Å². The van der Waals surface area contributed by atoms with Crippen molar-refractivity contribution < 1.29 is 0 Å². The maximum atomic E-state index is 11.9. The number of rotatable bonds is 3. The number of anilines is 1. The number of benzene rings is 1. The van der Waals surface area contributed by atoms with Gasteiger partial charge in [0.05, 0.1) is 6.21 Å². The average molecular weight is 285 g/mol. The lowest BCUT2D eigenvalue weighted by Crippen LogP contribution is -2.28. The van der Waals surface area contributed by atoms with E-state index in [4.69, 9.17) is 0 Å². The van der Waals surface area contributed by atoms with Crippen LogP contribution in [0.15, 0.2) is 34.2 Å². The zero-order valence-corrected chi connectivity index (χ0v) is 12.6. The Balaban J connectivity index is 2.11. The van der Waals surface area contributed by atoms with E-state index >= 15 is 0 Å². The van der Waals surface area contributed by atoms with Crippen LogP contribution in [0.1, 0.15) is 37.6 Å². The van der Waals surface area contributed by atoms with Gasteiger partial charge in [-0.1, -0.05) is 50.6 Å². The summed E-state index contributed by atoms with van der Waals surface area (Å²) in [5, 5.41) is 11.9. The van der Waals surface area contributed by atoms with Crippen LogP contribution in [0.25, 0.3) is 0 Å². The molecule has 1 aromatic carbocycles. The van der Waals surface area contributed by atoms with Crippen molar-refractivity contribution in [1.29, 1.82) is 0 Å². The smallest absolute Gasteiger partial charge is 0.274 e. The Kier molecular flexibility index (Phi) is 4.16. The Morgan fingerprint density at radius 2 is 2.05 bits per heavy atom. The van der Waals surface area contributed by atoms with Crippen LogP contribution in [-0.4, -0.2) is 21.4 Å². The largest absolute Gasteiger partial charge is 0.288 e. The molecule has 0 aliphatic rings. The third-order valence-corrected chi connectivity index (χ3v) is 2.83. The lowest BCUT2D eigenvalue weighted by Gasteiger charge is -2.15. The molecule has 0 aliphatic carbocycles. The number of aryl methyl sites for hydroxylation is 1. The highest BCUT2D eigenvalue weighted by atomic mass is 16.1. The Hall–Kier alpha value is -2.50. The second-order valence-corrected chi connectivity index (χ2v) is 5.89. The van der Waals surface area contributed by atoms with E-state index in [1.807, 2.05) is 52.0 Å². The van der Waals surface area contributed by atoms with E-state index in [2.05, 4.69) is 25.7 Å². The Labute approximate surface area is 123 Å². The van der Waals surface area contributed by atoms with Gasteiger partial charge in [0, 0.05) is 5.41 Å². The summed E-state index contributed by atoms with van der Waals surface area (Å²) in [6, 6.07) is 7.91. The molecule has 2 rings (SSSR count). The van der Waals surface area contributed by atoms with Crippen molar-refractivity contribution in [3.8, 4) is 0 Å². The van der Waals surface area contributed by atoms with Gasteiger partial charge < -0.3 is 0 Å². The van der Waals surface area contributed by atoms with Crippen molar-refractivity contribution in [1.82, 2.24) is 15.2 Å². The molecule has 21 heavy (non-hydrogen) atoms. The van der Waals surface area contributed by atoms with Crippen LogP contribution >= 0.6 is 0 Å². The molecule has 0 saturated carbocycles. The molecule has 6 nitrogen and oxygen atoms in total. The van der Waals surface area contributed by atoms with Crippen LogP contribution < -0.4 is 11.0 Å². The fraction of sp³-hybridized carbons (Fsp3) is 0.333. The van der Waals surface area contributed by atoms with E-state index in [0.29, 0.717) is 5.69 Å². The molecule has 0 fully saturated rings. The van der Waals surface area contributed by atoms with Crippen LogP contribution in [0, 0.1) is 6.92 Å². The Morgan fingerprint density at radius 1 is 1.29 bits per heavy atom. The minimum absolute atomic E-state index is 0.219. The molecule has 110 valence electrons. The molecule has 0 spiro atoms. The number of hydrazone groups is 1. The second-order valence-electron chi connectivity index (χ2n) is 5.89. The average Bonchev–Trinajstić information content (AvgIpc) is 2.37. The topological polar surface area (TPSA) is 83.0 Å². The summed E-state index contributed by atoms with van der Waals surface area (Å²) in [4.78, 5) is 14.5. The summed E-state index contributed by atoms with van der Waals surface area (Å²) in [5.74, 6) is 0.219. The number of nitrogens with zero attached hydrogens (tertiary/aromatic N) is 3. The molecule has 0 unspecified atom stereocenters. The maximum absolute atomic E-state index is 11.9. The zero-order chi connectivity index (χ0) is 15.5. The van der Waals surface area contributed by atoms with Crippen LogP contribution in [0.4, 0.5) is 5.95 Å². The van der Waals surface area contributed by atoms with Gasteiger partial charge in [0.25, 0.3) is 5.56 Å². The zero-order valence-electron chi connectivity index (χ0n) is 12.6. The molecule has 1 heterocycles. The highest BCUT2D eigenvalue weighted by Crippen LogP contribution is 2.15. The van der Waals surface area contributed by atoms with E-state index in [0.717, 1.165) is 11.1 Å². The number of aromatic amines is 1. The Morgan fingerprint density at radius 3 is 2.67 bits per heavy atom. The standard InChI is InChI=1S/C15H19N5O/c1-10-6-5-7-11(8-10)9-16-19-14-17-13(21)12(18-20-14)15(2,3)4/h5-9H,1-4H3,(H2,17,19,20,21)/b16-9+. The monoisotopic (exact) mass is 285 g/mol. The number of nitrogens with one attached hydrogen (secondary N) is 2. The van der Waals surface area contributed by atoms with E-state index in [1.54, 1.807) is 6.21 Å². The lowest BCUT2D eigenvalue weighted by molar-refractivity contribution is 0.547. The predicted octanol–water partition coefficient (Wildman–Crippen LogP) is 2.22. The minimum atomic E-state index is -0.343. The molecule has 0 aliphatic heterocycles. The maximum Gasteiger partial charge on any atom is 0.274 e. The van der Waals surface area contributed by atoms with Gasteiger partial charge in [-0.25, -0.2) is 5.43 Å². The van der Waals surface area contributed by atoms with Crippen molar-refractivity contribution >= 4 is 12.2 Å². The fourth-order valence-corrected chi connectivity index (χ4v) is 1.80. The van der Waals surface area contributed by atoms with Crippen LogP contribution in [0.3, 0.4) is 0 Å². The highest BCUT2D eigenvalue weighted by molar-refractivity contribution is 5.80. The van der Waals surface area contributed by atoms with E-state index < -0.39 is 0 Å². The van der Waals surface area contributed by atoms with Crippen molar-refractivity contribution in [2.45, 2.75) is 33.1 Å². The first-order chi connectivity index (χ1) is 9.86. The quantitative estimate of drug-likeness (QED) is 0.669. The lowest BCUT2D eigenvalue weighted by atomic mass is 9.93. The molecular formula is C15H19N5O. The van der Waals surface area contributed by atoms with Gasteiger partial charge in [0.1, 0.15) is 5.69 Å². The van der Waals surface area contributed by atoms with Gasteiger partial charge in [-0.3, -0.25) is 9.78 Å². The van der Waals surface area contributed by atoms with Gasteiger partial charge in [-0.15, -0.1) is 10.2 Å². The van der Waals surface area contributed by atoms with Gasteiger partial charge in [-0.2, -0.15) is 5.10 Å². The van der Waals surface area contributed by atoms with Crippen molar-refractivity contribution in [2.75, 3.05) is 5.43 Å². The van der Waals surface area contributed by atoms with Gasteiger partial charge >= 0.3 is 0 Å². The summed E-state index contributed by atoms with van der Waals surface area (Å²) in [6.07, 6.45) is 1.66. The molecule has 6 heteroatoms. The van der Waals surface area contributed by atoms with Gasteiger partial charge in [-0.05, 0) is 12.5 Å². The molecule has 0 radical (unpaired) electrons. The number of hydrogen-bond donors (Lipinski definition) is 2. The molecule has 1 aromatic heterocycles. The van der Waals surface area contributed by atoms with Crippen molar-refractivity contribution in [3.63, 3.8) is 0 Å². The fourth-order valence-electron chi connectivity index (χ4n) is 1.80. The predicted molar refractivity (Wildman–Crippen MR) is 83.7 cm³/mol. The summed E-state index contributed by atoms with van der Waals surface area (Å²) >= 11 is 0. The van der Waals surface area contributed by atoms with E-state index in [1.165, 1.54) is 0 Å². The van der Waals surface area contributed by atoms with Crippen LogP contribution in [-0.2, 0) is 5.41 Å². The highest BCUT2D eigenvalue weighted by Gasteiger charge is 2.20. The molecular weight excluding hydrogens is 266 g/mol. The number of hydrogen-bond acceptors (Lipinski definition) is 5. The third-order valence-electron chi connectivity index (χ3n) is 2.83. The normalized spacial score (nSPS) is 11.8. The minimum Gasteiger partial charge on any atom is -0.288 e. The molecule has 2 aromatic rings. The first-order valence-corrected chi connectivity index (χ1v) is 6.69. The first kappa shape index (κ1) is 14.9. The molecule has 0 atom stereocenters. The molecule has 0 amide bonds. The Bertz CT molecular complexity index is 712. The van der Waals surface area contributed by atoms with Gasteiger partial charge in [0.15, 0.2) is 0 Å². The van der Waals surface area contributed by atoms with Gasteiger partial charge in [0.2, 0.25) is 5.95 Å². The van der Waals surface area contributed by atoms with Crippen molar-refractivity contribution in [2.24, 2.45) is 5.10 Å². The number of aromatic nitrogens is 3. The van der Waals surface area contributed by atoms with E-state index in [9.17, 15) is 4.79 Å². The summed E-state index contributed by atoms with van der Waals surface area (Å²) in [5.41, 5.74) is 4.59. The van der Waals surface area contributed by atoms with Crippen molar-refractivity contribution in [3.05, 3.63) is 51.4 Å². The SMILES string of the molecule is Cc1cccc(/C=N/Nc2nnc(C(C)(C)C)c(=O)[nH]2)c1. The summed E-state index contributed by atoms with van der Waals surface area (Å²) in [7, 11) is 0. The first-order valence-electron chi connectivity index (χ1n) is 6.69. The molecule has 0 bridgehead atoms. The summed E-state index contributed by atoms with van der Waals surface area (Å²) < 4.78 is 0. The third kappa shape index (κ3) is 3.98. The van der Waals surface area contributed by atoms with E-state index in [-0.39, 0.29) is 16.9 Å². The number of H-pyrrole nitrogens is 1. The van der Waals surface area contributed by atoms with Crippen LogP contribution in [0.5, 0.6) is 0 Å².